The number of ketones is 1. The molecule has 1 fully saturated rings. The normalized spacial score (nSPS) is 17.8. The van der Waals surface area contributed by atoms with Gasteiger partial charge in [-0.25, -0.2) is 4.79 Å². The van der Waals surface area contributed by atoms with Crippen LogP contribution in [-0.2, 0) is 43.3 Å². The lowest BCUT2D eigenvalue weighted by molar-refractivity contribution is -0.133. The molecule has 0 aliphatic carbocycles. The molecule has 4 rings (SSSR count). The number of carbonyl (C=O) groups is 4. The molecule has 3 N–H and O–H groups in total. The highest BCUT2D eigenvalue weighted by atomic mass is 16.6. The van der Waals surface area contributed by atoms with Crippen molar-refractivity contribution in [2.45, 2.75) is 57.0 Å². The maximum atomic E-state index is 13.6. The number of hydrogen-bond donors (Lipinski definition) is 3. The Morgan fingerprint density at radius 3 is 1.71 bits per heavy atom. The highest BCUT2D eigenvalue weighted by Crippen LogP contribution is 2.29. The number of ether oxygens (including phenoxy) is 2. The molecule has 3 aromatic carbocycles. The highest BCUT2D eigenvalue weighted by molar-refractivity contribution is 5.98. The first kappa shape index (κ1) is 29.5. The largest absolute Gasteiger partial charge is 0.445 e. The van der Waals surface area contributed by atoms with E-state index >= 15 is 0 Å². The van der Waals surface area contributed by atoms with Crippen LogP contribution < -0.4 is 16.0 Å². The number of nitrogens with one attached hydrogen (secondary N) is 3. The van der Waals surface area contributed by atoms with E-state index in [2.05, 4.69) is 16.0 Å². The van der Waals surface area contributed by atoms with E-state index in [9.17, 15) is 19.2 Å². The zero-order valence-electron chi connectivity index (χ0n) is 23.2. The fourth-order valence-electron chi connectivity index (χ4n) is 4.31. The number of amides is 3. The molecule has 0 spiro atoms. The van der Waals surface area contributed by atoms with Crippen molar-refractivity contribution in [1.82, 2.24) is 16.0 Å². The standard InChI is InChI=1S/C32H35N3O6/c1-22(33-31(39)40-20-25-16-10-5-11-17-25)29(37)35-27(19-24-14-8-4-9-15-24)30(38)34-26(28(36)32(2)21-41-32)18-23-12-6-3-7-13-23/h3-17,22,26-27H,18-21H2,1-2H3,(H,33,39)(H,34,38)(H,35,37)/t22-,26-,27-,32-/m0/s1. The van der Waals surface area contributed by atoms with Gasteiger partial charge >= 0.3 is 6.09 Å². The lowest BCUT2D eigenvalue weighted by Gasteiger charge is -2.25. The summed E-state index contributed by atoms with van der Waals surface area (Å²) in [5, 5.41) is 8.11. The van der Waals surface area contributed by atoms with Crippen LogP contribution in [0.15, 0.2) is 91.0 Å². The summed E-state index contributed by atoms with van der Waals surface area (Å²) in [4.78, 5) is 52.3. The summed E-state index contributed by atoms with van der Waals surface area (Å²) in [6.45, 7) is 3.55. The van der Waals surface area contributed by atoms with Gasteiger partial charge in [0.1, 0.15) is 24.3 Å². The Hall–Kier alpha value is -4.50. The second kappa shape index (κ2) is 13.7. The molecule has 1 aliphatic heterocycles. The van der Waals surface area contributed by atoms with E-state index in [0.29, 0.717) is 6.61 Å². The Balaban J connectivity index is 1.43. The minimum absolute atomic E-state index is 0.0551. The number of epoxide rings is 1. The molecule has 0 unspecified atom stereocenters. The fourth-order valence-corrected chi connectivity index (χ4v) is 4.31. The molecule has 0 aromatic heterocycles. The molecule has 1 heterocycles. The third kappa shape index (κ3) is 8.74. The van der Waals surface area contributed by atoms with Crippen LogP contribution in [0.2, 0.25) is 0 Å². The van der Waals surface area contributed by atoms with Crippen molar-refractivity contribution >= 4 is 23.7 Å². The fraction of sp³-hybridized carbons (Fsp3) is 0.312. The van der Waals surface area contributed by atoms with Gasteiger partial charge in [0.2, 0.25) is 11.8 Å². The Bertz CT molecular complexity index is 1330. The van der Waals surface area contributed by atoms with E-state index in [0.717, 1.165) is 16.7 Å². The monoisotopic (exact) mass is 557 g/mol. The summed E-state index contributed by atoms with van der Waals surface area (Å²) in [6, 6.07) is 24.9. The van der Waals surface area contributed by atoms with Crippen molar-refractivity contribution in [2.24, 2.45) is 0 Å². The molecule has 3 amide bonds. The molecule has 1 saturated heterocycles. The topological polar surface area (TPSA) is 126 Å². The number of carbonyl (C=O) groups excluding carboxylic acids is 4. The third-order valence-corrected chi connectivity index (χ3v) is 6.87. The second-order valence-electron chi connectivity index (χ2n) is 10.3. The lowest BCUT2D eigenvalue weighted by atomic mass is 9.94. The zero-order chi connectivity index (χ0) is 29.2. The van der Waals surface area contributed by atoms with E-state index in [1.54, 1.807) is 6.92 Å². The Morgan fingerprint density at radius 1 is 0.732 bits per heavy atom. The lowest BCUT2D eigenvalue weighted by Crippen LogP contribution is -2.57. The first-order chi connectivity index (χ1) is 19.7. The molecule has 0 radical (unpaired) electrons. The van der Waals surface area contributed by atoms with Gasteiger partial charge in [0.05, 0.1) is 12.6 Å². The van der Waals surface area contributed by atoms with Gasteiger partial charge < -0.3 is 25.4 Å². The first-order valence-corrected chi connectivity index (χ1v) is 13.6. The van der Waals surface area contributed by atoms with Gasteiger partial charge in [-0.05, 0) is 37.0 Å². The van der Waals surface area contributed by atoms with Crippen molar-refractivity contribution in [3.63, 3.8) is 0 Å². The highest BCUT2D eigenvalue weighted by Gasteiger charge is 2.50. The first-order valence-electron chi connectivity index (χ1n) is 13.6. The molecule has 9 nitrogen and oxygen atoms in total. The van der Waals surface area contributed by atoms with Gasteiger partial charge in [-0.2, -0.15) is 0 Å². The molecular formula is C32H35N3O6. The van der Waals surface area contributed by atoms with Crippen molar-refractivity contribution < 1.29 is 28.7 Å². The molecule has 214 valence electrons. The van der Waals surface area contributed by atoms with Gasteiger partial charge in [-0.15, -0.1) is 0 Å². The van der Waals surface area contributed by atoms with Crippen LogP contribution in [0.5, 0.6) is 0 Å². The quantitative estimate of drug-likeness (QED) is 0.277. The molecule has 3 aromatic rings. The van der Waals surface area contributed by atoms with Gasteiger partial charge in [-0.3, -0.25) is 14.4 Å². The van der Waals surface area contributed by atoms with Crippen molar-refractivity contribution in [2.75, 3.05) is 6.61 Å². The Morgan fingerprint density at radius 2 is 1.20 bits per heavy atom. The van der Waals surface area contributed by atoms with Crippen LogP contribution in [0.4, 0.5) is 4.79 Å². The Kier molecular flexibility index (Phi) is 9.86. The van der Waals surface area contributed by atoms with Crippen LogP contribution in [0, 0.1) is 0 Å². The van der Waals surface area contributed by atoms with Crippen molar-refractivity contribution in [1.29, 1.82) is 0 Å². The third-order valence-electron chi connectivity index (χ3n) is 6.87. The van der Waals surface area contributed by atoms with E-state index in [-0.39, 0.29) is 25.2 Å². The van der Waals surface area contributed by atoms with Gasteiger partial charge in [0.15, 0.2) is 5.78 Å². The molecule has 0 saturated carbocycles. The average molecular weight is 558 g/mol. The second-order valence-corrected chi connectivity index (χ2v) is 10.3. The molecule has 9 heteroatoms. The summed E-state index contributed by atoms with van der Waals surface area (Å²) < 4.78 is 10.6. The van der Waals surface area contributed by atoms with Gasteiger partial charge in [0.25, 0.3) is 0 Å². The van der Waals surface area contributed by atoms with Gasteiger partial charge in [-0.1, -0.05) is 91.0 Å². The predicted octanol–water partition coefficient (Wildman–Crippen LogP) is 3.11. The molecule has 1 aliphatic rings. The Labute approximate surface area is 239 Å². The molecule has 41 heavy (non-hydrogen) atoms. The summed E-state index contributed by atoms with van der Waals surface area (Å²) in [6.07, 6.45) is -0.294. The molecule has 0 bridgehead atoms. The maximum Gasteiger partial charge on any atom is 0.408 e. The number of hydrogen-bond acceptors (Lipinski definition) is 6. The smallest absolute Gasteiger partial charge is 0.408 e. The summed E-state index contributed by atoms with van der Waals surface area (Å²) in [5.74, 6) is -1.31. The van der Waals surface area contributed by atoms with Crippen molar-refractivity contribution in [3.8, 4) is 0 Å². The number of benzene rings is 3. The van der Waals surface area contributed by atoms with Gasteiger partial charge in [0, 0.05) is 6.42 Å². The summed E-state index contributed by atoms with van der Waals surface area (Å²) in [7, 11) is 0. The van der Waals surface area contributed by atoms with E-state index in [4.69, 9.17) is 9.47 Å². The maximum absolute atomic E-state index is 13.6. The van der Waals surface area contributed by atoms with Crippen LogP contribution >= 0.6 is 0 Å². The summed E-state index contributed by atoms with van der Waals surface area (Å²) >= 11 is 0. The number of rotatable bonds is 13. The predicted molar refractivity (Wildman–Crippen MR) is 153 cm³/mol. The summed E-state index contributed by atoms with van der Waals surface area (Å²) in [5.41, 5.74) is 1.57. The van der Waals surface area contributed by atoms with Crippen LogP contribution in [0.3, 0.4) is 0 Å². The van der Waals surface area contributed by atoms with Crippen LogP contribution in [0.25, 0.3) is 0 Å². The van der Waals surface area contributed by atoms with Crippen molar-refractivity contribution in [3.05, 3.63) is 108 Å². The zero-order valence-corrected chi connectivity index (χ0v) is 23.2. The minimum Gasteiger partial charge on any atom is -0.445 e. The van der Waals surface area contributed by atoms with E-state index < -0.39 is 41.6 Å². The SMILES string of the molecule is C[C@H](NC(=O)OCc1ccccc1)C(=O)N[C@@H](Cc1ccccc1)C(=O)N[C@@H](Cc1ccccc1)C(=O)[C@]1(C)CO1. The number of alkyl carbamates (subject to hydrolysis) is 1. The van der Waals surface area contributed by atoms with E-state index in [1.807, 2.05) is 91.0 Å². The molecular weight excluding hydrogens is 522 g/mol. The minimum atomic E-state index is -1.01. The average Bonchev–Trinajstić information content (AvgIpc) is 3.74. The van der Waals surface area contributed by atoms with E-state index in [1.165, 1.54) is 6.92 Å². The van der Waals surface area contributed by atoms with Crippen LogP contribution in [-0.4, -0.2) is 54.0 Å². The van der Waals surface area contributed by atoms with Crippen LogP contribution in [0.1, 0.15) is 30.5 Å². The number of Topliss-reactive ketones (excluding diaryl/α,β-unsaturated/α-hetero) is 1. The molecule has 4 atom stereocenters.